The molecular weight excluding hydrogens is 320 g/mol. The van der Waals surface area contributed by atoms with Gasteiger partial charge in [-0.05, 0) is 32.0 Å². The summed E-state index contributed by atoms with van der Waals surface area (Å²) in [7, 11) is 1.57. The van der Waals surface area contributed by atoms with Crippen molar-refractivity contribution in [3.63, 3.8) is 0 Å². The van der Waals surface area contributed by atoms with Gasteiger partial charge in [0.15, 0.2) is 5.96 Å². The summed E-state index contributed by atoms with van der Waals surface area (Å²) in [6.45, 7) is 5.34. The third-order valence-electron chi connectivity index (χ3n) is 3.29. The van der Waals surface area contributed by atoms with Gasteiger partial charge in [0, 0.05) is 17.8 Å². The Labute approximate surface area is 147 Å². The van der Waals surface area contributed by atoms with Crippen molar-refractivity contribution in [3.05, 3.63) is 42.1 Å². The molecule has 1 aromatic carbocycles. The quantitative estimate of drug-likeness (QED) is 0.565. The Morgan fingerprint density at radius 2 is 2.00 bits per heavy atom. The van der Waals surface area contributed by atoms with Gasteiger partial charge in [0.1, 0.15) is 11.5 Å². The minimum Gasteiger partial charge on any atom is -0.494 e. The van der Waals surface area contributed by atoms with E-state index in [0.717, 1.165) is 11.3 Å². The summed E-state index contributed by atoms with van der Waals surface area (Å²) in [5.41, 5.74) is 7.57. The van der Waals surface area contributed by atoms with Crippen LogP contribution in [0.25, 0.3) is 0 Å². The molecule has 0 aliphatic rings. The summed E-state index contributed by atoms with van der Waals surface area (Å²) in [4.78, 5) is 8.48. The topological polar surface area (TPSA) is 91.0 Å². The SMILES string of the molecule is CCOc1ccc(OCC)c(NC(N)=NCc2cccnc2OC)c1. The second-order valence-corrected chi connectivity index (χ2v) is 5.02. The van der Waals surface area contributed by atoms with E-state index in [9.17, 15) is 0 Å². The van der Waals surface area contributed by atoms with Crippen LogP contribution >= 0.6 is 0 Å². The van der Waals surface area contributed by atoms with Gasteiger partial charge in [0.05, 0.1) is 32.6 Å². The van der Waals surface area contributed by atoms with E-state index in [2.05, 4.69) is 15.3 Å². The van der Waals surface area contributed by atoms with Crippen molar-refractivity contribution < 1.29 is 14.2 Å². The van der Waals surface area contributed by atoms with Gasteiger partial charge in [-0.15, -0.1) is 0 Å². The van der Waals surface area contributed by atoms with Gasteiger partial charge in [0.2, 0.25) is 5.88 Å². The average Bonchev–Trinajstić information content (AvgIpc) is 2.62. The number of nitrogens with one attached hydrogen (secondary N) is 1. The van der Waals surface area contributed by atoms with Gasteiger partial charge >= 0.3 is 0 Å². The van der Waals surface area contributed by atoms with Crippen molar-refractivity contribution >= 4 is 11.6 Å². The lowest BCUT2D eigenvalue weighted by Crippen LogP contribution is -2.23. The van der Waals surface area contributed by atoms with Crippen LogP contribution in [0.3, 0.4) is 0 Å². The second kappa shape index (κ2) is 9.36. The van der Waals surface area contributed by atoms with E-state index >= 15 is 0 Å². The highest BCUT2D eigenvalue weighted by molar-refractivity contribution is 5.94. The van der Waals surface area contributed by atoms with E-state index in [0.29, 0.717) is 37.1 Å². The van der Waals surface area contributed by atoms with Crippen molar-refractivity contribution in [1.29, 1.82) is 0 Å². The first kappa shape index (κ1) is 18.4. The molecule has 0 amide bonds. The minimum atomic E-state index is 0.264. The Balaban J connectivity index is 2.15. The first-order chi connectivity index (χ1) is 12.2. The van der Waals surface area contributed by atoms with E-state index < -0.39 is 0 Å². The third-order valence-corrected chi connectivity index (χ3v) is 3.29. The molecule has 2 rings (SSSR count). The number of nitrogens with zero attached hydrogens (tertiary/aromatic N) is 2. The Morgan fingerprint density at radius 3 is 2.72 bits per heavy atom. The number of pyridine rings is 1. The molecule has 7 heteroatoms. The molecule has 0 bridgehead atoms. The Kier molecular flexibility index (Phi) is 6.88. The monoisotopic (exact) mass is 344 g/mol. The molecule has 134 valence electrons. The molecule has 3 N–H and O–H groups in total. The standard InChI is InChI=1S/C18H24N4O3/c1-4-24-14-8-9-16(25-5-2)15(11-14)22-18(19)21-12-13-7-6-10-20-17(13)23-3/h6-11H,4-5,12H2,1-3H3,(H3,19,21,22). The first-order valence-electron chi connectivity index (χ1n) is 8.12. The predicted octanol–water partition coefficient (Wildman–Crippen LogP) is 2.81. The summed E-state index contributed by atoms with van der Waals surface area (Å²) in [6, 6.07) is 9.25. The number of nitrogens with two attached hydrogens (primary N) is 1. The van der Waals surface area contributed by atoms with Gasteiger partial charge in [0.25, 0.3) is 0 Å². The lowest BCUT2D eigenvalue weighted by atomic mass is 10.2. The zero-order chi connectivity index (χ0) is 18.1. The fourth-order valence-corrected chi connectivity index (χ4v) is 2.22. The summed E-state index contributed by atoms with van der Waals surface area (Å²) < 4.78 is 16.3. The van der Waals surface area contributed by atoms with Crippen LogP contribution in [0.1, 0.15) is 19.4 Å². The third kappa shape index (κ3) is 5.27. The molecule has 0 fully saturated rings. The Hall–Kier alpha value is -2.96. The van der Waals surface area contributed by atoms with E-state index in [-0.39, 0.29) is 5.96 Å². The molecule has 0 saturated heterocycles. The minimum absolute atomic E-state index is 0.264. The number of ether oxygens (including phenoxy) is 3. The molecule has 1 heterocycles. The molecule has 0 radical (unpaired) electrons. The van der Waals surface area contributed by atoms with Gasteiger partial charge in [-0.2, -0.15) is 0 Å². The van der Waals surface area contributed by atoms with E-state index in [4.69, 9.17) is 19.9 Å². The molecule has 0 atom stereocenters. The predicted molar refractivity (Wildman–Crippen MR) is 98.5 cm³/mol. The van der Waals surface area contributed by atoms with Crippen molar-refractivity contribution in [2.75, 3.05) is 25.6 Å². The molecule has 0 aliphatic heterocycles. The molecule has 1 aromatic heterocycles. The summed E-state index contributed by atoms with van der Waals surface area (Å²) in [6.07, 6.45) is 1.67. The highest BCUT2D eigenvalue weighted by Gasteiger charge is 2.08. The molecule has 0 aliphatic carbocycles. The zero-order valence-electron chi connectivity index (χ0n) is 14.8. The number of anilines is 1. The number of benzene rings is 1. The van der Waals surface area contributed by atoms with Gasteiger partial charge in [-0.3, -0.25) is 0 Å². The van der Waals surface area contributed by atoms with Gasteiger partial charge < -0.3 is 25.3 Å². The van der Waals surface area contributed by atoms with Crippen molar-refractivity contribution in [1.82, 2.24) is 4.98 Å². The smallest absolute Gasteiger partial charge is 0.218 e. The lowest BCUT2D eigenvalue weighted by Gasteiger charge is -2.14. The van der Waals surface area contributed by atoms with E-state index in [1.807, 2.05) is 44.2 Å². The number of methoxy groups -OCH3 is 1. The normalized spacial score (nSPS) is 11.1. The molecule has 7 nitrogen and oxygen atoms in total. The van der Waals surface area contributed by atoms with Crippen LogP contribution in [-0.4, -0.2) is 31.3 Å². The zero-order valence-corrected chi connectivity index (χ0v) is 14.8. The number of rotatable bonds is 8. The summed E-state index contributed by atoms with van der Waals surface area (Å²) in [5.74, 6) is 2.21. The van der Waals surface area contributed by atoms with Crippen molar-refractivity contribution in [3.8, 4) is 17.4 Å². The maximum Gasteiger partial charge on any atom is 0.218 e. The molecular formula is C18H24N4O3. The number of guanidine groups is 1. The molecule has 0 saturated carbocycles. The highest BCUT2D eigenvalue weighted by atomic mass is 16.5. The van der Waals surface area contributed by atoms with Crippen LogP contribution in [0.4, 0.5) is 5.69 Å². The Morgan fingerprint density at radius 1 is 1.20 bits per heavy atom. The van der Waals surface area contributed by atoms with Crippen LogP contribution in [0.2, 0.25) is 0 Å². The van der Waals surface area contributed by atoms with Crippen LogP contribution in [-0.2, 0) is 6.54 Å². The molecule has 25 heavy (non-hydrogen) atoms. The molecule has 0 spiro atoms. The van der Waals surface area contributed by atoms with Gasteiger partial charge in [-0.25, -0.2) is 9.98 Å². The van der Waals surface area contributed by atoms with E-state index in [1.165, 1.54) is 0 Å². The van der Waals surface area contributed by atoms with Crippen LogP contribution in [0.15, 0.2) is 41.5 Å². The number of aromatic nitrogens is 1. The summed E-state index contributed by atoms with van der Waals surface area (Å²) >= 11 is 0. The summed E-state index contributed by atoms with van der Waals surface area (Å²) in [5, 5.41) is 3.06. The van der Waals surface area contributed by atoms with Crippen LogP contribution in [0, 0.1) is 0 Å². The fraction of sp³-hybridized carbons (Fsp3) is 0.333. The number of hydrogen-bond acceptors (Lipinski definition) is 5. The largest absolute Gasteiger partial charge is 0.494 e. The Bertz CT molecular complexity index is 719. The lowest BCUT2D eigenvalue weighted by molar-refractivity contribution is 0.332. The van der Waals surface area contributed by atoms with Crippen molar-refractivity contribution in [2.24, 2.45) is 10.7 Å². The first-order valence-corrected chi connectivity index (χ1v) is 8.12. The fourth-order valence-electron chi connectivity index (χ4n) is 2.22. The number of hydrogen-bond donors (Lipinski definition) is 2. The van der Waals surface area contributed by atoms with E-state index in [1.54, 1.807) is 13.3 Å². The number of aliphatic imine (C=N–C) groups is 1. The molecule has 0 unspecified atom stereocenters. The second-order valence-electron chi connectivity index (χ2n) is 5.02. The van der Waals surface area contributed by atoms with Crippen LogP contribution in [0.5, 0.6) is 17.4 Å². The maximum atomic E-state index is 6.02. The van der Waals surface area contributed by atoms with Crippen LogP contribution < -0.4 is 25.3 Å². The average molecular weight is 344 g/mol. The maximum absolute atomic E-state index is 6.02. The highest BCUT2D eigenvalue weighted by Crippen LogP contribution is 2.29. The van der Waals surface area contributed by atoms with Gasteiger partial charge in [-0.1, -0.05) is 6.07 Å². The molecule has 2 aromatic rings. The van der Waals surface area contributed by atoms with Crippen molar-refractivity contribution in [2.45, 2.75) is 20.4 Å².